The summed E-state index contributed by atoms with van der Waals surface area (Å²) in [5.41, 5.74) is 4.24. The van der Waals surface area contributed by atoms with Gasteiger partial charge in [-0.15, -0.1) is 0 Å². The van der Waals surface area contributed by atoms with Crippen molar-refractivity contribution in [2.45, 2.75) is 70.6 Å². The van der Waals surface area contributed by atoms with Crippen LogP contribution in [0, 0.1) is 5.92 Å². The van der Waals surface area contributed by atoms with Crippen LogP contribution in [0.25, 0.3) is 11.1 Å². The molecule has 3 aromatic rings. The van der Waals surface area contributed by atoms with Crippen molar-refractivity contribution in [2.24, 2.45) is 5.92 Å². The molecule has 5 rings (SSSR count). The monoisotopic (exact) mass is 548 g/mol. The van der Waals surface area contributed by atoms with Crippen LogP contribution in [0.3, 0.4) is 0 Å². The third kappa shape index (κ3) is 6.24. The molecule has 7 heteroatoms. The summed E-state index contributed by atoms with van der Waals surface area (Å²) in [6.45, 7) is 6.58. The number of carbonyl (C=O) groups is 2. The van der Waals surface area contributed by atoms with Crippen molar-refractivity contribution < 1.29 is 22.8 Å². The number of hydrogen-bond donors (Lipinski definition) is 1. The van der Waals surface area contributed by atoms with Gasteiger partial charge in [-0.1, -0.05) is 54.6 Å². The first kappa shape index (κ1) is 27.9. The van der Waals surface area contributed by atoms with Gasteiger partial charge in [-0.25, -0.2) is 4.79 Å². The molecule has 1 aliphatic carbocycles. The Morgan fingerprint density at radius 3 is 2.40 bits per heavy atom. The molecule has 0 unspecified atom stereocenters. The molecule has 1 N–H and O–H groups in total. The molecule has 0 aromatic heterocycles. The summed E-state index contributed by atoms with van der Waals surface area (Å²) < 4.78 is 40.4. The number of ketones is 1. The molecule has 1 fully saturated rings. The number of hydrogen-bond acceptors (Lipinski definition) is 2. The number of carbonyl (C=O) groups excluding carboxylic acids is 2. The first-order chi connectivity index (χ1) is 18.9. The lowest BCUT2D eigenvalue weighted by Gasteiger charge is -2.34. The fraction of sp³-hybridized carbons (Fsp3) is 0.394. The summed E-state index contributed by atoms with van der Waals surface area (Å²) in [4.78, 5) is 27.9. The first-order valence-corrected chi connectivity index (χ1v) is 13.9. The molecule has 1 heterocycles. The largest absolute Gasteiger partial charge is 0.416 e. The lowest BCUT2D eigenvalue weighted by Crippen LogP contribution is -2.50. The van der Waals surface area contributed by atoms with Crippen LogP contribution in [0.15, 0.2) is 66.7 Å². The quantitative estimate of drug-likeness (QED) is 0.346. The van der Waals surface area contributed by atoms with Crippen molar-refractivity contribution in [1.29, 1.82) is 0 Å². The Labute approximate surface area is 233 Å². The molecular formula is C33H35F3N2O2. The Hall–Kier alpha value is -3.61. The fourth-order valence-corrected chi connectivity index (χ4v) is 5.74. The topological polar surface area (TPSA) is 49.4 Å². The van der Waals surface area contributed by atoms with E-state index in [4.69, 9.17) is 0 Å². The molecule has 2 atom stereocenters. The minimum Gasteiger partial charge on any atom is -0.333 e. The number of fused-ring (bicyclic) bond motifs is 1. The molecular weight excluding hydrogens is 513 g/mol. The van der Waals surface area contributed by atoms with Gasteiger partial charge in [0.15, 0.2) is 0 Å². The van der Waals surface area contributed by atoms with Crippen molar-refractivity contribution in [3.05, 3.63) is 94.5 Å². The molecule has 1 aliphatic heterocycles. The second-order valence-corrected chi connectivity index (χ2v) is 12.0. The highest BCUT2D eigenvalue weighted by Gasteiger charge is 2.43. The zero-order chi connectivity index (χ0) is 28.7. The van der Waals surface area contributed by atoms with Crippen molar-refractivity contribution in [1.82, 2.24) is 10.2 Å². The molecule has 0 spiro atoms. The van der Waals surface area contributed by atoms with E-state index < -0.39 is 17.3 Å². The van der Waals surface area contributed by atoms with Crippen molar-refractivity contribution in [3.63, 3.8) is 0 Å². The van der Waals surface area contributed by atoms with Gasteiger partial charge in [0.2, 0.25) is 0 Å². The average Bonchev–Trinajstić information content (AvgIpc) is 3.72. The molecule has 2 aliphatic rings. The summed E-state index contributed by atoms with van der Waals surface area (Å²) in [5.74, 6) is 0.557. The third-order valence-electron chi connectivity index (χ3n) is 7.85. The van der Waals surface area contributed by atoms with Gasteiger partial charge in [-0.3, -0.25) is 4.79 Å². The van der Waals surface area contributed by atoms with E-state index in [1.54, 1.807) is 11.0 Å². The molecule has 0 radical (unpaired) electrons. The van der Waals surface area contributed by atoms with E-state index in [2.05, 4.69) is 17.4 Å². The number of rotatable bonds is 6. The van der Waals surface area contributed by atoms with Crippen LogP contribution in [-0.4, -0.2) is 28.8 Å². The Kier molecular flexibility index (Phi) is 7.51. The molecule has 1 saturated carbocycles. The molecule has 2 amide bonds. The number of alkyl halides is 3. The number of urea groups is 1. The van der Waals surface area contributed by atoms with Crippen LogP contribution >= 0.6 is 0 Å². The molecule has 3 aromatic carbocycles. The highest BCUT2D eigenvalue weighted by Crippen LogP contribution is 2.48. The second-order valence-electron chi connectivity index (χ2n) is 12.0. The van der Waals surface area contributed by atoms with Gasteiger partial charge in [0.05, 0.1) is 5.56 Å². The van der Waals surface area contributed by atoms with E-state index in [0.29, 0.717) is 37.9 Å². The van der Waals surface area contributed by atoms with E-state index in [9.17, 15) is 22.8 Å². The zero-order valence-corrected chi connectivity index (χ0v) is 23.1. The summed E-state index contributed by atoms with van der Waals surface area (Å²) in [6, 6.07) is 19.1. The number of halogens is 3. The minimum atomic E-state index is -4.43. The van der Waals surface area contributed by atoms with Gasteiger partial charge >= 0.3 is 12.2 Å². The van der Waals surface area contributed by atoms with E-state index in [-0.39, 0.29) is 23.7 Å². The Balaban J connectivity index is 1.41. The summed E-state index contributed by atoms with van der Waals surface area (Å²) in [5, 5.41) is 3.01. The maximum Gasteiger partial charge on any atom is 0.416 e. The zero-order valence-electron chi connectivity index (χ0n) is 23.1. The minimum absolute atomic E-state index is 0.0386. The van der Waals surface area contributed by atoms with Crippen molar-refractivity contribution >= 4 is 11.8 Å². The predicted molar refractivity (Wildman–Crippen MR) is 150 cm³/mol. The third-order valence-corrected chi connectivity index (χ3v) is 7.85. The van der Waals surface area contributed by atoms with Gasteiger partial charge in [0.25, 0.3) is 0 Å². The first-order valence-electron chi connectivity index (χ1n) is 13.9. The van der Waals surface area contributed by atoms with Crippen LogP contribution in [-0.2, 0) is 30.4 Å². The summed E-state index contributed by atoms with van der Waals surface area (Å²) >= 11 is 0. The Bertz CT molecular complexity index is 1410. The smallest absolute Gasteiger partial charge is 0.333 e. The SMILES string of the molecule is CC(C)(C)NC(=O)N1CCc2c(-c3cccc(C(F)(F)F)c3)ccc(CCC(=O)[C@@H]3C[C@H]3c3ccccc3)c2C1. The number of nitrogens with zero attached hydrogens (tertiary/aromatic N) is 1. The Morgan fingerprint density at radius 2 is 1.70 bits per heavy atom. The number of aryl methyl sites for hydroxylation is 1. The highest BCUT2D eigenvalue weighted by atomic mass is 19.4. The second kappa shape index (κ2) is 10.8. The van der Waals surface area contributed by atoms with Crippen LogP contribution in [0.1, 0.15) is 67.3 Å². The highest BCUT2D eigenvalue weighted by molar-refractivity contribution is 5.85. The number of benzene rings is 3. The van der Waals surface area contributed by atoms with Gasteiger partial charge in [-0.2, -0.15) is 13.2 Å². The lowest BCUT2D eigenvalue weighted by molar-refractivity contribution is -0.137. The van der Waals surface area contributed by atoms with Crippen LogP contribution < -0.4 is 5.32 Å². The summed E-state index contributed by atoms with van der Waals surface area (Å²) in [7, 11) is 0. The van der Waals surface area contributed by atoms with Gasteiger partial charge in [0.1, 0.15) is 5.78 Å². The molecule has 4 nitrogen and oxygen atoms in total. The van der Waals surface area contributed by atoms with Crippen LogP contribution in [0.2, 0.25) is 0 Å². The van der Waals surface area contributed by atoms with Gasteiger partial charge in [-0.05, 0) is 91.5 Å². The maximum absolute atomic E-state index is 13.5. The number of nitrogens with one attached hydrogen (secondary N) is 1. The van der Waals surface area contributed by atoms with Crippen LogP contribution in [0.5, 0.6) is 0 Å². The van der Waals surface area contributed by atoms with Gasteiger partial charge in [0, 0.05) is 31.0 Å². The maximum atomic E-state index is 13.5. The fourth-order valence-electron chi connectivity index (χ4n) is 5.74. The average molecular weight is 549 g/mol. The molecule has 40 heavy (non-hydrogen) atoms. The molecule has 0 saturated heterocycles. The lowest BCUT2D eigenvalue weighted by atomic mass is 9.85. The summed E-state index contributed by atoms with van der Waals surface area (Å²) in [6.07, 6.45) is -2.10. The standard InChI is InChI=1S/C33H35F3N2O2/c1-32(2,3)37-31(40)38-17-16-26-25(23-10-7-11-24(18-23)33(34,35)36)14-12-22(29(26)20-38)13-15-30(39)28-19-27(28)21-8-5-4-6-9-21/h4-12,14,18,27-28H,13,15-17,19-20H2,1-3H3,(H,37,40)/t27-,28+/m0/s1. The van der Waals surface area contributed by atoms with E-state index in [1.165, 1.54) is 17.7 Å². The van der Waals surface area contributed by atoms with E-state index in [0.717, 1.165) is 34.7 Å². The Morgan fingerprint density at radius 1 is 0.950 bits per heavy atom. The predicted octanol–water partition coefficient (Wildman–Crippen LogP) is 7.54. The molecule has 0 bridgehead atoms. The van der Waals surface area contributed by atoms with E-state index >= 15 is 0 Å². The van der Waals surface area contributed by atoms with E-state index in [1.807, 2.05) is 51.1 Å². The number of amides is 2. The van der Waals surface area contributed by atoms with Crippen LogP contribution in [0.4, 0.5) is 18.0 Å². The van der Waals surface area contributed by atoms with Gasteiger partial charge < -0.3 is 10.2 Å². The molecule has 210 valence electrons. The van der Waals surface area contributed by atoms with Crippen molar-refractivity contribution in [3.8, 4) is 11.1 Å². The number of Topliss-reactive ketones (excluding diaryl/α,β-unsaturated/α-hetero) is 1. The normalized spacial score (nSPS) is 18.7. The van der Waals surface area contributed by atoms with Crippen molar-refractivity contribution in [2.75, 3.05) is 6.54 Å².